The fraction of sp³-hybridized carbons (Fsp3) is 0.667. The van der Waals surface area contributed by atoms with E-state index in [9.17, 15) is 0 Å². The lowest BCUT2D eigenvalue weighted by Crippen LogP contribution is -2.56. The lowest BCUT2D eigenvalue weighted by atomic mass is 9.80. The van der Waals surface area contributed by atoms with Crippen LogP contribution in [0.2, 0.25) is 0 Å². The quantitative estimate of drug-likeness (QED) is 0.694. The number of hydrogen-bond donors (Lipinski definition) is 1. The van der Waals surface area contributed by atoms with E-state index >= 15 is 0 Å². The van der Waals surface area contributed by atoms with E-state index in [-0.39, 0.29) is 5.54 Å². The first-order chi connectivity index (χ1) is 7.30. The summed E-state index contributed by atoms with van der Waals surface area (Å²) in [5.41, 5.74) is 1.58. The van der Waals surface area contributed by atoms with E-state index in [1.807, 2.05) is 6.26 Å². The lowest BCUT2D eigenvalue weighted by Gasteiger charge is -2.44. The van der Waals surface area contributed by atoms with Crippen molar-refractivity contribution >= 4 is 0 Å². The molecule has 0 saturated carbocycles. The zero-order valence-electron chi connectivity index (χ0n) is 9.25. The minimum atomic E-state index is 0.174. The molecule has 0 bridgehead atoms. The molecule has 2 aliphatic rings. The van der Waals surface area contributed by atoms with Gasteiger partial charge in [0.15, 0.2) is 0 Å². The Morgan fingerprint density at radius 2 is 2.47 bits per heavy atom. The van der Waals surface area contributed by atoms with E-state index < -0.39 is 0 Å². The first-order valence-corrected chi connectivity index (χ1v) is 5.81. The molecule has 2 aliphatic heterocycles. The maximum absolute atomic E-state index is 5.56. The van der Waals surface area contributed by atoms with Gasteiger partial charge < -0.3 is 14.6 Å². The predicted molar refractivity (Wildman–Crippen MR) is 58.8 cm³/mol. The number of piperidine rings is 1. The van der Waals surface area contributed by atoms with Crippen molar-refractivity contribution in [3.63, 3.8) is 0 Å². The van der Waals surface area contributed by atoms with Gasteiger partial charge in [0.05, 0.1) is 11.8 Å². The van der Waals surface area contributed by atoms with Crippen LogP contribution in [0.5, 0.6) is 0 Å². The summed E-state index contributed by atoms with van der Waals surface area (Å²) in [5.74, 6) is 1.20. The number of nitrogens with zero attached hydrogens (tertiary/aromatic N) is 1. The van der Waals surface area contributed by atoms with Gasteiger partial charge in [-0.1, -0.05) is 0 Å². The van der Waals surface area contributed by atoms with Crippen molar-refractivity contribution in [2.45, 2.75) is 24.8 Å². The number of nitrogens with one attached hydrogen (secondary N) is 1. The SMILES string of the molecule is CN1CCCC2(C1)NCCc1occc12. The number of likely N-dealkylation sites (N-methyl/N-ethyl adjacent to an activating group) is 1. The fourth-order valence-electron chi connectivity index (χ4n) is 3.10. The van der Waals surface area contributed by atoms with E-state index in [4.69, 9.17) is 4.42 Å². The first-order valence-electron chi connectivity index (χ1n) is 5.81. The van der Waals surface area contributed by atoms with Gasteiger partial charge in [0.25, 0.3) is 0 Å². The van der Waals surface area contributed by atoms with Gasteiger partial charge in [0.1, 0.15) is 5.76 Å². The molecule has 1 unspecified atom stereocenters. The highest BCUT2D eigenvalue weighted by Crippen LogP contribution is 2.36. The minimum Gasteiger partial charge on any atom is -0.469 e. The molecule has 1 saturated heterocycles. The molecule has 3 nitrogen and oxygen atoms in total. The summed E-state index contributed by atoms with van der Waals surface area (Å²) in [6, 6.07) is 2.15. The average Bonchev–Trinajstić information content (AvgIpc) is 2.67. The van der Waals surface area contributed by atoms with Crippen LogP contribution in [0, 0.1) is 0 Å². The Labute approximate surface area is 90.4 Å². The Bertz CT molecular complexity index is 360. The molecule has 3 heterocycles. The van der Waals surface area contributed by atoms with Crippen molar-refractivity contribution in [3.8, 4) is 0 Å². The number of furan rings is 1. The number of hydrogen-bond acceptors (Lipinski definition) is 3. The Morgan fingerprint density at radius 3 is 3.33 bits per heavy atom. The van der Waals surface area contributed by atoms with E-state index in [2.05, 4.69) is 23.3 Å². The smallest absolute Gasteiger partial charge is 0.110 e. The second-order valence-corrected chi connectivity index (χ2v) is 4.86. The third-order valence-corrected chi connectivity index (χ3v) is 3.76. The van der Waals surface area contributed by atoms with Gasteiger partial charge in [-0.2, -0.15) is 0 Å². The zero-order valence-corrected chi connectivity index (χ0v) is 9.25. The summed E-state index contributed by atoms with van der Waals surface area (Å²) >= 11 is 0. The van der Waals surface area contributed by atoms with Gasteiger partial charge in [0.2, 0.25) is 0 Å². The lowest BCUT2D eigenvalue weighted by molar-refractivity contribution is 0.135. The van der Waals surface area contributed by atoms with Crippen LogP contribution in [0.4, 0.5) is 0 Å². The van der Waals surface area contributed by atoms with Gasteiger partial charge in [0, 0.05) is 25.1 Å². The molecule has 15 heavy (non-hydrogen) atoms. The van der Waals surface area contributed by atoms with Crippen molar-refractivity contribution < 1.29 is 4.42 Å². The van der Waals surface area contributed by atoms with Crippen LogP contribution in [0.15, 0.2) is 16.7 Å². The van der Waals surface area contributed by atoms with E-state index in [0.717, 1.165) is 19.5 Å². The molecule has 1 N–H and O–H groups in total. The zero-order chi connectivity index (χ0) is 10.3. The van der Waals surface area contributed by atoms with Crippen molar-refractivity contribution in [1.29, 1.82) is 0 Å². The van der Waals surface area contributed by atoms with Crippen LogP contribution >= 0.6 is 0 Å². The summed E-state index contributed by atoms with van der Waals surface area (Å²) in [6.45, 7) is 3.38. The Morgan fingerprint density at radius 1 is 1.53 bits per heavy atom. The average molecular weight is 206 g/mol. The molecule has 1 spiro atoms. The normalized spacial score (nSPS) is 31.8. The summed E-state index contributed by atoms with van der Waals surface area (Å²) in [6.07, 6.45) is 5.39. The molecular formula is C12H18N2O. The highest BCUT2D eigenvalue weighted by molar-refractivity contribution is 5.31. The van der Waals surface area contributed by atoms with Crippen LogP contribution in [-0.4, -0.2) is 31.6 Å². The van der Waals surface area contributed by atoms with Gasteiger partial charge >= 0.3 is 0 Å². The van der Waals surface area contributed by atoms with Gasteiger partial charge in [-0.05, 0) is 32.5 Å². The Balaban J connectivity index is 1.99. The van der Waals surface area contributed by atoms with Gasteiger partial charge in [-0.3, -0.25) is 0 Å². The third kappa shape index (κ3) is 1.42. The molecule has 0 radical (unpaired) electrons. The maximum atomic E-state index is 5.56. The Hall–Kier alpha value is -0.800. The fourth-order valence-corrected chi connectivity index (χ4v) is 3.10. The van der Waals surface area contributed by atoms with Crippen molar-refractivity contribution in [3.05, 3.63) is 23.7 Å². The molecule has 3 rings (SSSR count). The molecule has 1 atom stereocenters. The monoisotopic (exact) mass is 206 g/mol. The van der Waals surface area contributed by atoms with Crippen molar-refractivity contribution in [2.24, 2.45) is 0 Å². The Kier molecular flexibility index (Phi) is 2.11. The number of fused-ring (bicyclic) bond motifs is 2. The van der Waals surface area contributed by atoms with E-state index in [1.54, 1.807) is 0 Å². The third-order valence-electron chi connectivity index (χ3n) is 3.76. The van der Waals surface area contributed by atoms with E-state index in [1.165, 1.54) is 30.7 Å². The second-order valence-electron chi connectivity index (χ2n) is 4.86. The molecule has 82 valence electrons. The topological polar surface area (TPSA) is 28.4 Å². The minimum absolute atomic E-state index is 0.174. The molecule has 1 fully saturated rings. The second kappa shape index (κ2) is 3.35. The molecule has 0 aliphatic carbocycles. The standard InChI is InChI=1S/C12H18N2O/c1-14-7-2-5-12(9-14)10-4-8-15-11(10)3-6-13-12/h4,8,13H,2-3,5-7,9H2,1H3. The largest absolute Gasteiger partial charge is 0.469 e. The first kappa shape index (κ1) is 9.43. The van der Waals surface area contributed by atoms with Gasteiger partial charge in [-0.25, -0.2) is 0 Å². The van der Waals surface area contributed by atoms with Crippen molar-refractivity contribution in [2.75, 3.05) is 26.7 Å². The molecule has 0 amide bonds. The predicted octanol–water partition coefficient (Wildman–Crippen LogP) is 1.35. The molecule has 0 aromatic carbocycles. The highest BCUT2D eigenvalue weighted by atomic mass is 16.3. The maximum Gasteiger partial charge on any atom is 0.110 e. The molecule has 3 heteroatoms. The number of rotatable bonds is 0. The van der Waals surface area contributed by atoms with Crippen molar-refractivity contribution in [1.82, 2.24) is 10.2 Å². The van der Waals surface area contributed by atoms with Crippen LogP contribution in [0.3, 0.4) is 0 Å². The summed E-state index contributed by atoms with van der Waals surface area (Å²) in [5, 5.41) is 3.71. The summed E-state index contributed by atoms with van der Waals surface area (Å²) in [4.78, 5) is 2.42. The van der Waals surface area contributed by atoms with E-state index in [0.29, 0.717) is 0 Å². The highest BCUT2D eigenvalue weighted by Gasteiger charge is 2.40. The number of likely N-dealkylation sites (tertiary alicyclic amines) is 1. The molecular weight excluding hydrogens is 188 g/mol. The van der Waals surface area contributed by atoms with Crippen LogP contribution in [0.25, 0.3) is 0 Å². The van der Waals surface area contributed by atoms with Gasteiger partial charge in [-0.15, -0.1) is 0 Å². The summed E-state index contributed by atoms with van der Waals surface area (Å²) in [7, 11) is 2.21. The van der Waals surface area contributed by atoms with Crippen LogP contribution in [0.1, 0.15) is 24.2 Å². The summed E-state index contributed by atoms with van der Waals surface area (Å²) < 4.78 is 5.56. The molecule has 1 aromatic rings. The van der Waals surface area contributed by atoms with Crippen LogP contribution < -0.4 is 5.32 Å². The van der Waals surface area contributed by atoms with Crippen LogP contribution in [-0.2, 0) is 12.0 Å². The molecule has 1 aromatic heterocycles.